The fraction of sp³-hybridized carbons (Fsp3) is 0.294. The molecule has 0 aliphatic heterocycles. The van der Waals surface area contributed by atoms with E-state index in [0.29, 0.717) is 6.61 Å². The fourth-order valence-electron chi connectivity index (χ4n) is 2.37. The molecule has 0 bridgehead atoms. The average molecular weight is 472 g/mol. The molecule has 174 valence electrons. The van der Waals surface area contributed by atoms with Crippen molar-refractivity contribution in [2.75, 3.05) is 13.1 Å². The highest BCUT2D eigenvalue weighted by Gasteiger charge is 2.37. The molecule has 0 saturated carbocycles. The van der Waals surface area contributed by atoms with Crippen molar-refractivity contribution in [3.05, 3.63) is 78.4 Å². The van der Waals surface area contributed by atoms with Gasteiger partial charge in [0.15, 0.2) is 0 Å². The molecular weight excluding hydrogens is 452 g/mol. The summed E-state index contributed by atoms with van der Waals surface area (Å²) in [5.41, 5.74) is -2.74. The van der Waals surface area contributed by atoms with Crippen LogP contribution >= 0.6 is 0 Å². The minimum atomic E-state index is -5.30. The van der Waals surface area contributed by atoms with Crippen molar-refractivity contribution in [3.8, 4) is 0 Å². The van der Waals surface area contributed by atoms with E-state index in [0.717, 1.165) is 13.1 Å². The van der Waals surface area contributed by atoms with Gasteiger partial charge in [-0.1, -0.05) is 44.2 Å². The first-order chi connectivity index (χ1) is 14.9. The van der Waals surface area contributed by atoms with E-state index in [1.54, 1.807) is 0 Å². The van der Waals surface area contributed by atoms with Crippen LogP contribution < -0.4 is 0 Å². The molecule has 0 amide bonds. The molecule has 15 heteroatoms. The van der Waals surface area contributed by atoms with Gasteiger partial charge in [-0.3, -0.25) is 39.7 Å². The van der Waals surface area contributed by atoms with Gasteiger partial charge < -0.3 is 0 Å². The second-order valence-electron chi connectivity index (χ2n) is 5.93. The SMILES string of the molecule is CCN(CC)OCc1ccccc1.O=[N+]([O-])c1cc([N+](=O)[O-])c(S(=O)(=O)O)c([N+](=O)[O-])c1. The molecule has 2 rings (SSSR count). The number of non-ortho nitro benzene ring substituents is 1. The Morgan fingerprint density at radius 1 is 0.906 bits per heavy atom. The van der Waals surface area contributed by atoms with Crippen molar-refractivity contribution in [1.29, 1.82) is 0 Å². The molecule has 2 aromatic rings. The van der Waals surface area contributed by atoms with Crippen LogP contribution in [0.15, 0.2) is 47.4 Å². The molecule has 0 aromatic heterocycles. The largest absolute Gasteiger partial charge is 0.308 e. The van der Waals surface area contributed by atoms with Crippen LogP contribution in [-0.4, -0.2) is 45.9 Å². The first-order valence-corrected chi connectivity index (χ1v) is 10.4. The Morgan fingerprint density at radius 2 is 1.38 bits per heavy atom. The third-order valence-electron chi connectivity index (χ3n) is 3.86. The highest BCUT2D eigenvalue weighted by atomic mass is 32.2. The van der Waals surface area contributed by atoms with Gasteiger partial charge in [-0.2, -0.15) is 13.5 Å². The Morgan fingerprint density at radius 3 is 1.72 bits per heavy atom. The molecule has 0 spiro atoms. The monoisotopic (exact) mass is 472 g/mol. The fourth-order valence-corrected chi connectivity index (χ4v) is 3.17. The van der Waals surface area contributed by atoms with Crippen LogP contribution in [0.1, 0.15) is 19.4 Å². The summed E-state index contributed by atoms with van der Waals surface area (Å²) in [5.74, 6) is 0. The maximum atomic E-state index is 10.9. The van der Waals surface area contributed by atoms with Crippen molar-refractivity contribution in [1.82, 2.24) is 5.06 Å². The van der Waals surface area contributed by atoms with E-state index in [1.165, 1.54) is 5.56 Å². The molecule has 0 unspecified atom stereocenters. The Balaban J connectivity index is 0.000000343. The Hall–Kier alpha value is -3.53. The van der Waals surface area contributed by atoms with E-state index >= 15 is 0 Å². The molecule has 1 N–H and O–H groups in total. The number of rotatable bonds is 9. The highest BCUT2D eigenvalue weighted by molar-refractivity contribution is 7.86. The van der Waals surface area contributed by atoms with Gasteiger partial charge in [0.1, 0.15) is 0 Å². The molecule has 2 aromatic carbocycles. The lowest BCUT2D eigenvalue weighted by molar-refractivity contribution is -0.407. The number of nitro groups is 3. The molecule has 14 nitrogen and oxygen atoms in total. The van der Waals surface area contributed by atoms with Crippen molar-refractivity contribution >= 4 is 27.2 Å². The van der Waals surface area contributed by atoms with Crippen LogP contribution in [0.4, 0.5) is 17.1 Å². The summed E-state index contributed by atoms with van der Waals surface area (Å²) in [7, 11) is -5.30. The lowest BCUT2D eigenvalue weighted by Gasteiger charge is -2.17. The maximum Gasteiger partial charge on any atom is 0.308 e. The van der Waals surface area contributed by atoms with E-state index in [4.69, 9.17) is 9.39 Å². The van der Waals surface area contributed by atoms with Crippen molar-refractivity contribution in [2.24, 2.45) is 0 Å². The lowest BCUT2D eigenvalue weighted by Crippen LogP contribution is -2.22. The number of hydroxylamine groups is 2. The molecule has 0 heterocycles. The zero-order chi connectivity index (χ0) is 24.5. The summed E-state index contributed by atoms with van der Waals surface area (Å²) in [6.45, 7) is 6.72. The summed E-state index contributed by atoms with van der Waals surface area (Å²) >= 11 is 0. The second kappa shape index (κ2) is 11.8. The Labute approximate surface area is 182 Å². The van der Waals surface area contributed by atoms with Crippen molar-refractivity contribution in [3.63, 3.8) is 0 Å². The van der Waals surface area contributed by atoms with Crippen molar-refractivity contribution < 1.29 is 32.6 Å². The third-order valence-corrected chi connectivity index (χ3v) is 4.79. The van der Waals surface area contributed by atoms with E-state index in [1.807, 2.05) is 23.3 Å². The zero-order valence-electron chi connectivity index (χ0n) is 17.0. The third kappa shape index (κ3) is 7.62. The number of nitrogens with zero attached hydrogens (tertiary/aromatic N) is 4. The predicted octanol–water partition coefficient (Wildman–Crippen LogP) is 3.12. The van der Waals surface area contributed by atoms with E-state index in [2.05, 4.69) is 26.0 Å². The number of hydrogen-bond donors (Lipinski definition) is 1. The normalized spacial score (nSPS) is 10.9. The first-order valence-electron chi connectivity index (χ1n) is 8.92. The molecule has 0 aliphatic rings. The molecule has 0 atom stereocenters. The standard InChI is InChI=1S/C11H17NO.C6H3N3O9S/c1-3-12(4-2)13-10-11-8-6-5-7-9-11;10-7(11)3-1-4(8(12)13)6(19(16,17)18)5(2-3)9(14)15/h5-9H,3-4,10H2,1-2H3;1-2H,(H,16,17,18). The quantitative estimate of drug-likeness (QED) is 0.319. The maximum absolute atomic E-state index is 10.9. The van der Waals surface area contributed by atoms with Gasteiger partial charge in [0, 0.05) is 13.1 Å². The van der Waals surface area contributed by atoms with Gasteiger partial charge in [0.05, 0.1) is 33.5 Å². The summed E-state index contributed by atoms with van der Waals surface area (Å²) in [5, 5.41) is 33.6. The Bertz CT molecular complexity index is 1040. The summed E-state index contributed by atoms with van der Waals surface area (Å²) < 4.78 is 30.7. The van der Waals surface area contributed by atoms with E-state index in [9.17, 15) is 38.8 Å². The number of benzene rings is 2. The van der Waals surface area contributed by atoms with Gasteiger partial charge in [-0.25, -0.2) is 0 Å². The highest BCUT2D eigenvalue weighted by Crippen LogP contribution is 2.36. The zero-order valence-corrected chi connectivity index (χ0v) is 17.8. The van der Waals surface area contributed by atoms with Crippen LogP contribution in [0.2, 0.25) is 0 Å². The van der Waals surface area contributed by atoms with E-state index < -0.39 is 46.8 Å². The smallest absolute Gasteiger partial charge is 0.294 e. The predicted molar refractivity (Wildman–Crippen MR) is 110 cm³/mol. The minimum absolute atomic E-state index is 0.204. The van der Waals surface area contributed by atoms with Gasteiger partial charge in [-0.15, -0.1) is 0 Å². The van der Waals surface area contributed by atoms with Crippen LogP contribution in [0.5, 0.6) is 0 Å². The number of nitro benzene ring substituents is 3. The summed E-state index contributed by atoms with van der Waals surface area (Å²) in [6, 6.07) is 10.6. The Kier molecular flexibility index (Phi) is 9.73. The second-order valence-corrected chi connectivity index (χ2v) is 7.29. The van der Waals surface area contributed by atoms with E-state index in [-0.39, 0.29) is 12.1 Å². The summed E-state index contributed by atoms with van der Waals surface area (Å²) in [6.07, 6.45) is 0. The molecule has 0 radical (unpaired) electrons. The lowest BCUT2D eigenvalue weighted by atomic mass is 10.2. The summed E-state index contributed by atoms with van der Waals surface area (Å²) in [4.78, 5) is 31.7. The van der Waals surface area contributed by atoms with Crippen LogP contribution in [-0.2, 0) is 21.6 Å². The first kappa shape index (κ1) is 26.5. The van der Waals surface area contributed by atoms with Crippen LogP contribution in [0, 0.1) is 30.3 Å². The molecule has 0 fully saturated rings. The van der Waals surface area contributed by atoms with Gasteiger partial charge in [0.25, 0.3) is 5.69 Å². The number of hydrogen-bond acceptors (Lipinski definition) is 10. The van der Waals surface area contributed by atoms with Gasteiger partial charge >= 0.3 is 21.5 Å². The molecule has 0 saturated heterocycles. The van der Waals surface area contributed by atoms with Crippen LogP contribution in [0.3, 0.4) is 0 Å². The topological polar surface area (TPSA) is 196 Å². The van der Waals surface area contributed by atoms with Crippen molar-refractivity contribution in [2.45, 2.75) is 25.3 Å². The molecule has 32 heavy (non-hydrogen) atoms. The average Bonchev–Trinajstić information content (AvgIpc) is 2.74. The minimum Gasteiger partial charge on any atom is -0.294 e. The molecule has 0 aliphatic carbocycles. The molecular formula is C17H20N4O10S. The van der Waals surface area contributed by atoms with Crippen LogP contribution in [0.25, 0.3) is 0 Å². The van der Waals surface area contributed by atoms with Gasteiger partial charge in [0.2, 0.25) is 4.90 Å². The van der Waals surface area contributed by atoms with Gasteiger partial charge in [-0.05, 0) is 5.56 Å².